The highest BCUT2D eigenvalue weighted by atomic mass is 32.2. The van der Waals surface area contributed by atoms with E-state index in [-0.39, 0.29) is 5.92 Å². The highest BCUT2D eigenvalue weighted by molar-refractivity contribution is 7.99. The van der Waals surface area contributed by atoms with E-state index in [1.807, 2.05) is 25.6 Å². The molecule has 0 heterocycles. The summed E-state index contributed by atoms with van der Waals surface area (Å²) in [5, 5.41) is 13.1. The molecular weight excluding hydrogens is 222 g/mol. The Morgan fingerprint density at radius 2 is 2.19 bits per heavy atom. The molecule has 3 atom stereocenters. The zero-order valence-corrected chi connectivity index (χ0v) is 11.2. The van der Waals surface area contributed by atoms with Gasteiger partial charge in [0.2, 0.25) is 0 Å². The van der Waals surface area contributed by atoms with Crippen molar-refractivity contribution >= 4 is 17.7 Å². The standard InChI is InChI=1S/C12H23NO2S/c1-4-16-10-6-5-9(7-10)13-11(8(2)3)12(14)15/h8-11,13H,4-7H2,1-3H3,(H,14,15). The molecule has 0 spiro atoms. The number of hydrogen-bond acceptors (Lipinski definition) is 3. The van der Waals surface area contributed by atoms with Crippen LogP contribution in [0.2, 0.25) is 0 Å². The third-order valence-corrected chi connectivity index (χ3v) is 4.37. The number of thioether (sulfide) groups is 1. The largest absolute Gasteiger partial charge is 0.480 e. The first-order valence-electron chi connectivity index (χ1n) is 6.15. The molecule has 0 radical (unpaired) electrons. The molecule has 0 bridgehead atoms. The van der Waals surface area contributed by atoms with Crippen molar-refractivity contribution in [1.29, 1.82) is 0 Å². The molecule has 0 aromatic carbocycles. The van der Waals surface area contributed by atoms with Crippen molar-refractivity contribution < 1.29 is 9.90 Å². The van der Waals surface area contributed by atoms with Crippen LogP contribution in [0.15, 0.2) is 0 Å². The molecule has 2 N–H and O–H groups in total. The van der Waals surface area contributed by atoms with Crippen LogP contribution in [0.5, 0.6) is 0 Å². The van der Waals surface area contributed by atoms with E-state index < -0.39 is 12.0 Å². The van der Waals surface area contributed by atoms with Gasteiger partial charge >= 0.3 is 5.97 Å². The first-order valence-corrected chi connectivity index (χ1v) is 7.20. The summed E-state index contributed by atoms with van der Waals surface area (Å²) in [6.45, 7) is 6.09. The molecule has 16 heavy (non-hydrogen) atoms. The van der Waals surface area contributed by atoms with Gasteiger partial charge in [0.15, 0.2) is 0 Å². The third-order valence-electron chi connectivity index (χ3n) is 3.13. The van der Waals surface area contributed by atoms with Crippen LogP contribution in [0.25, 0.3) is 0 Å². The van der Waals surface area contributed by atoms with E-state index >= 15 is 0 Å². The van der Waals surface area contributed by atoms with Crippen molar-refractivity contribution in [1.82, 2.24) is 5.32 Å². The van der Waals surface area contributed by atoms with Gasteiger partial charge in [0, 0.05) is 11.3 Å². The minimum atomic E-state index is -0.721. The van der Waals surface area contributed by atoms with Gasteiger partial charge in [0.05, 0.1) is 0 Å². The molecule has 0 aliphatic heterocycles. The van der Waals surface area contributed by atoms with Crippen LogP contribution < -0.4 is 5.32 Å². The van der Waals surface area contributed by atoms with Gasteiger partial charge in [-0.05, 0) is 30.9 Å². The summed E-state index contributed by atoms with van der Waals surface area (Å²) >= 11 is 2.00. The quantitative estimate of drug-likeness (QED) is 0.754. The molecule has 0 aromatic heterocycles. The smallest absolute Gasteiger partial charge is 0.320 e. The van der Waals surface area contributed by atoms with E-state index in [4.69, 9.17) is 5.11 Å². The van der Waals surface area contributed by atoms with Crippen molar-refractivity contribution in [2.24, 2.45) is 5.92 Å². The Hall–Kier alpha value is -0.220. The molecule has 3 nitrogen and oxygen atoms in total. The van der Waals surface area contributed by atoms with E-state index in [0.717, 1.165) is 23.8 Å². The lowest BCUT2D eigenvalue weighted by Gasteiger charge is -2.22. The molecule has 1 aliphatic carbocycles. The molecule has 1 rings (SSSR count). The predicted octanol–water partition coefficient (Wildman–Crippen LogP) is 2.36. The van der Waals surface area contributed by atoms with Crippen molar-refractivity contribution in [2.45, 2.75) is 57.4 Å². The second-order valence-corrected chi connectivity index (χ2v) is 6.39. The number of aliphatic carboxylic acids is 1. The summed E-state index contributed by atoms with van der Waals surface area (Å²) in [7, 11) is 0. The molecule has 1 saturated carbocycles. The number of nitrogens with one attached hydrogen (secondary N) is 1. The first kappa shape index (κ1) is 13.8. The molecular formula is C12H23NO2S. The second kappa shape index (κ2) is 6.50. The Bertz CT molecular complexity index is 233. The lowest BCUT2D eigenvalue weighted by Crippen LogP contribution is -2.45. The summed E-state index contributed by atoms with van der Waals surface area (Å²) in [5.74, 6) is 0.584. The van der Waals surface area contributed by atoms with E-state index in [2.05, 4.69) is 12.2 Å². The van der Waals surface area contributed by atoms with Gasteiger partial charge < -0.3 is 10.4 Å². The fourth-order valence-electron chi connectivity index (χ4n) is 2.28. The van der Waals surface area contributed by atoms with E-state index in [1.165, 1.54) is 6.42 Å². The van der Waals surface area contributed by atoms with Crippen molar-refractivity contribution in [2.75, 3.05) is 5.75 Å². The lowest BCUT2D eigenvalue weighted by atomic mass is 10.0. The summed E-state index contributed by atoms with van der Waals surface area (Å²) in [6, 6.07) is 0.00271. The topological polar surface area (TPSA) is 49.3 Å². The number of carboxylic acid groups (broad SMARTS) is 1. The van der Waals surface area contributed by atoms with Crippen LogP contribution in [0.1, 0.15) is 40.0 Å². The number of hydrogen-bond donors (Lipinski definition) is 2. The van der Waals surface area contributed by atoms with Crippen LogP contribution in [0.4, 0.5) is 0 Å². The number of carbonyl (C=O) groups is 1. The fourth-order valence-corrected chi connectivity index (χ4v) is 3.42. The number of carboxylic acids is 1. The molecule has 1 aliphatic rings. The SMILES string of the molecule is CCSC1CCC(NC(C(=O)O)C(C)C)C1. The van der Waals surface area contributed by atoms with Crippen LogP contribution in [0.3, 0.4) is 0 Å². The Morgan fingerprint density at radius 3 is 2.69 bits per heavy atom. The van der Waals surface area contributed by atoms with Crippen molar-refractivity contribution in [3.63, 3.8) is 0 Å². The van der Waals surface area contributed by atoms with Crippen LogP contribution in [-0.4, -0.2) is 34.2 Å². The molecule has 1 fully saturated rings. The second-order valence-electron chi connectivity index (χ2n) is 4.81. The zero-order chi connectivity index (χ0) is 12.1. The van der Waals surface area contributed by atoms with Gasteiger partial charge in [-0.1, -0.05) is 20.8 Å². The van der Waals surface area contributed by atoms with Crippen LogP contribution >= 0.6 is 11.8 Å². The minimum absolute atomic E-state index is 0.148. The zero-order valence-electron chi connectivity index (χ0n) is 10.4. The maximum absolute atomic E-state index is 11.1. The Morgan fingerprint density at radius 1 is 1.50 bits per heavy atom. The Labute approximate surface area is 102 Å². The van der Waals surface area contributed by atoms with Crippen molar-refractivity contribution in [3.05, 3.63) is 0 Å². The van der Waals surface area contributed by atoms with E-state index in [0.29, 0.717) is 6.04 Å². The summed E-state index contributed by atoms with van der Waals surface area (Å²) in [4.78, 5) is 11.1. The first-order chi connectivity index (χ1) is 7.54. The molecule has 0 saturated heterocycles. The van der Waals surface area contributed by atoms with Crippen LogP contribution in [-0.2, 0) is 4.79 Å². The monoisotopic (exact) mass is 245 g/mol. The van der Waals surface area contributed by atoms with Gasteiger partial charge in [-0.2, -0.15) is 11.8 Å². The number of rotatable bonds is 6. The summed E-state index contributed by atoms with van der Waals surface area (Å²) < 4.78 is 0. The maximum atomic E-state index is 11.1. The lowest BCUT2D eigenvalue weighted by molar-refractivity contribution is -0.140. The van der Waals surface area contributed by atoms with E-state index in [1.54, 1.807) is 0 Å². The summed E-state index contributed by atoms with van der Waals surface area (Å²) in [5.41, 5.74) is 0. The average Bonchev–Trinajstić information content (AvgIpc) is 2.61. The minimum Gasteiger partial charge on any atom is -0.480 e. The highest BCUT2D eigenvalue weighted by Crippen LogP contribution is 2.30. The maximum Gasteiger partial charge on any atom is 0.320 e. The van der Waals surface area contributed by atoms with Gasteiger partial charge in [-0.15, -0.1) is 0 Å². The normalized spacial score (nSPS) is 27.2. The fraction of sp³-hybridized carbons (Fsp3) is 0.917. The van der Waals surface area contributed by atoms with Gasteiger partial charge in [-0.25, -0.2) is 0 Å². The van der Waals surface area contributed by atoms with Gasteiger partial charge in [-0.3, -0.25) is 4.79 Å². The highest BCUT2D eigenvalue weighted by Gasteiger charge is 2.29. The summed E-state index contributed by atoms with van der Waals surface area (Å²) in [6.07, 6.45) is 3.46. The molecule has 3 unspecified atom stereocenters. The molecule has 0 aromatic rings. The average molecular weight is 245 g/mol. The third kappa shape index (κ3) is 3.98. The Kier molecular flexibility index (Phi) is 5.62. The van der Waals surface area contributed by atoms with Crippen molar-refractivity contribution in [3.8, 4) is 0 Å². The molecule has 0 amide bonds. The Balaban J connectivity index is 2.39. The molecule has 94 valence electrons. The van der Waals surface area contributed by atoms with E-state index in [9.17, 15) is 4.79 Å². The molecule has 4 heteroatoms. The van der Waals surface area contributed by atoms with Gasteiger partial charge in [0.1, 0.15) is 6.04 Å². The van der Waals surface area contributed by atoms with Gasteiger partial charge in [0.25, 0.3) is 0 Å². The van der Waals surface area contributed by atoms with Crippen LogP contribution in [0, 0.1) is 5.92 Å². The predicted molar refractivity (Wildman–Crippen MR) is 69.0 cm³/mol.